The number of hydrogen-bond donors (Lipinski definition) is 1. The van der Waals surface area contributed by atoms with Gasteiger partial charge in [-0.3, -0.25) is 0 Å². The number of aliphatic hydroxyl groups excluding tert-OH is 1. The summed E-state index contributed by atoms with van der Waals surface area (Å²) >= 11 is 0. The highest BCUT2D eigenvalue weighted by molar-refractivity contribution is 5.30. The van der Waals surface area contributed by atoms with Gasteiger partial charge in [0.05, 0.1) is 6.61 Å². The molecule has 0 bridgehead atoms. The highest BCUT2D eigenvalue weighted by atomic mass is 19.1. The van der Waals surface area contributed by atoms with E-state index >= 15 is 0 Å². The fourth-order valence-electron chi connectivity index (χ4n) is 2.27. The zero-order valence-electron chi connectivity index (χ0n) is 11.4. The van der Waals surface area contributed by atoms with Gasteiger partial charge in [-0.15, -0.1) is 0 Å². The van der Waals surface area contributed by atoms with Crippen LogP contribution < -0.4 is 0 Å². The van der Waals surface area contributed by atoms with Crippen LogP contribution in [0.25, 0.3) is 0 Å². The fourth-order valence-corrected chi connectivity index (χ4v) is 2.27. The highest BCUT2D eigenvalue weighted by Crippen LogP contribution is 2.28. The minimum atomic E-state index is -0.461. The smallest absolute Gasteiger partial charge is 0.123 e. The molecular formula is C17H19FO. The molecule has 1 unspecified atom stereocenters. The van der Waals surface area contributed by atoms with Crippen molar-refractivity contribution in [2.75, 3.05) is 6.61 Å². The number of aliphatic hydroxyl groups is 1. The van der Waals surface area contributed by atoms with Crippen LogP contribution in [0, 0.1) is 12.7 Å². The van der Waals surface area contributed by atoms with Gasteiger partial charge in [-0.1, -0.05) is 48.9 Å². The molecule has 0 aromatic heterocycles. The van der Waals surface area contributed by atoms with Crippen molar-refractivity contribution in [2.45, 2.75) is 25.7 Å². The Kier molecular flexibility index (Phi) is 4.01. The first-order valence-electron chi connectivity index (χ1n) is 6.46. The van der Waals surface area contributed by atoms with Crippen LogP contribution in [0.1, 0.15) is 23.6 Å². The van der Waals surface area contributed by atoms with Gasteiger partial charge in [0, 0.05) is 5.41 Å². The van der Waals surface area contributed by atoms with Crippen LogP contribution >= 0.6 is 0 Å². The Bertz CT molecular complexity index is 547. The molecule has 0 fully saturated rings. The summed E-state index contributed by atoms with van der Waals surface area (Å²) in [4.78, 5) is 0. The summed E-state index contributed by atoms with van der Waals surface area (Å²) in [5.41, 5.74) is 2.72. The molecule has 0 spiro atoms. The number of aryl methyl sites for hydroxylation is 1. The molecule has 0 amide bonds. The standard InChI is InChI=1S/C17H19FO/c1-13-6-8-14(9-7-13)11-17(2,12-19)15-4-3-5-16(18)10-15/h3-10,19H,11-12H2,1-2H3. The van der Waals surface area contributed by atoms with Gasteiger partial charge >= 0.3 is 0 Å². The third-order valence-electron chi connectivity index (χ3n) is 3.59. The van der Waals surface area contributed by atoms with Crippen molar-refractivity contribution in [3.05, 3.63) is 71.0 Å². The predicted molar refractivity (Wildman–Crippen MR) is 75.7 cm³/mol. The molecule has 2 aromatic carbocycles. The molecule has 0 aliphatic heterocycles. The average molecular weight is 258 g/mol. The SMILES string of the molecule is Cc1ccc(CC(C)(CO)c2cccc(F)c2)cc1. The molecule has 2 aromatic rings. The van der Waals surface area contributed by atoms with E-state index in [2.05, 4.69) is 24.3 Å². The first kappa shape index (κ1) is 13.8. The molecule has 0 aliphatic carbocycles. The Hall–Kier alpha value is -1.67. The van der Waals surface area contributed by atoms with Gasteiger partial charge in [0.2, 0.25) is 0 Å². The lowest BCUT2D eigenvalue weighted by atomic mass is 9.78. The summed E-state index contributed by atoms with van der Waals surface area (Å²) in [5, 5.41) is 9.72. The molecule has 0 saturated carbocycles. The molecular weight excluding hydrogens is 239 g/mol. The molecule has 2 rings (SSSR count). The third kappa shape index (κ3) is 3.21. The molecule has 1 atom stereocenters. The highest BCUT2D eigenvalue weighted by Gasteiger charge is 2.26. The normalized spacial score (nSPS) is 14.1. The Morgan fingerprint density at radius 2 is 1.79 bits per heavy atom. The van der Waals surface area contributed by atoms with Gasteiger partial charge in [-0.2, -0.15) is 0 Å². The third-order valence-corrected chi connectivity index (χ3v) is 3.59. The first-order chi connectivity index (χ1) is 9.03. The predicted octanol–water partition coefficient (Wildman–Crippen LogP) is 3.63. The van der Waals surface area contributed by atoms with Crippen LogP contribution in [0.15, 0.2) is 48.5 Å². The van der Waals surface area contributed by atoms with Crippen LogP contribution in [0.5, 0.6) is 0 Å². The maximum absolute atomic E-state index is 13.3. The zero-order chi connectivity index (χ0) is 13.9. The second-order valence-electron chi connectivity index (χ2n) is 5.39. The Morgan fingerprint density at radius 1 is 1.11 bits per heavy atom. The zero-order valence-corrected chi connectivity index (χ0v) is 11.4. The molecule has 1 N–H and O–H groups in total. The van der Waals surface area contributed by atoms with E-state index < -0.39 is 5.41 Å². The molecule has 100 valence electrons. The van der Waals surface area contributed by atoms with Crippen molar-refractivity contribution in [3.63, 3.8) is 0 Å². The fraction of sp³-hybridized carbons (Fsp3) is 0.294. The van der Waals surface area contributed by atoms with Gasteiger partial charge in [0.1, 0.15) is 5.82 Å². The van der Waals surface area contributed by atoms with Gasteiger partial charge < -0.3 is 5.11 Å². The van der Waals surface area contributed by atoms with Gasteiger partial charge in [0.15, 0.2) is 0 Å². The number of benzene rings is 2. The second-order valence-corrected chi connectivity index (χ2v) is 5.39. The summed E-state index contributed by atoms with van der Waals surface area (Å²) in [6, 6.07) is 14.7. The van der Waals surface area contributed by atoms with Gasteiger partial charge in [0.25, 0.3) is 0 Å². The van der Waals surface area contributed by atoms with Crippen LogP contribution in [-0.2, 0) is 11.8 Å². The Labute approximate surface area is 113 Å². The van der Waals surface area contributed by atoms with E-state index in [-0.39, 0.29) is 12.4 Å². The minimum Gasteiger partial charge on any atom is -0.395 e. The maximum Gasteiger partial charge on any atom is 0.123 e. The molecule has 0 radical (unpaired) electrons. The van der Waals surface area contributed by atoms with Crippen molar-refractivity contribution >= 4 is 0 Å². The Morgan fingerprint density at radius 3 is 2.37 bits per heavy atom. The summed E-state index contributed by atoms with van der Waals surface area (Å²) in [5.74, 6) is -0.263. The number of hydrogen-bond acceptors (Lipinski definition) is 1. The lowest BCUT2D eigenvalue weighted by Crippen LogP contribution is -2.29. The van der Waals surface area contributed by atoms with Gasteiger partial charge in [-0.05, 0) is 36.6 Å². The molecule has 0 aliphatic rings. The van der Waals surface area contributed by atoms with Crippen LogP contribution in [0.2, 0.25) is 0 Å². The maximum atomic E-state index is 13.3. The van der Waals surface area contributed by atoms with E-state index in [1.165, 1.54) is 17.7 Å². The Balaban J connectivity index is 2.30. The van der Waals surface area contributed by atoms with Gasteiger partial charge in [-0.25, -0.2) is 4.39 Å². The van der Waals surface area contributed by atoms with Crippen molar-refractivity contribution < 1.29 is 9.50 Å². The van der Waals surface area contributed by atoms with E-state index in [1.807, 2.05) is 19.9 Å². The first-order valence-corrected chi connectivity index (χ1v) is 6.46. The van der Waals surface area contributed by atoms with E-state index in [4.69, 9.17) is 0 Å². The van der Waals surface area contributed by atoms with Crippen LogP contribution in [-0.4, -0.2) is 11.7 Å². The van der Waals surface area contributed by atoms with Crippen molar-refractivity contribution in [1.82, 2.24) is 0 Å². The number of halogens is 1. The summed E-state index contributed by atoms with van der Waals surface area (Å²) in [6.45, 7) is 3.99. The summed E-state index contributed by atoms with van der Waals surface area (Å²) in [7, 11) is 0. The topological polar surface area (TPSA) is 20.2 Å². The lowest BCUT2D eigenvalue weighted by Gasteiger charge is -2.28. The lowest BCUT2D eigenvalue weighted by molar-refractivity contribution is 0.204. The molecule has 1 nitrogen and oxygen atoms in total. The van der Waals surface area contributed by atoms with E-state index in [0.29, 0.717) is 6.42 Å². The van der Waals surface area contributed by atoms with Crippen LogP contribution in [0.4, 0.5) is 4.39 Å². The van der Waals surface area contributed by atoms with E-state index in [9.17, 15) is 9.50 Å². The van der Waals surface area contributed by atoms with E-state index in [1.54, 1.807) is 6.07 Å². The van der Waals surface area contributed by atoms with Crippen molar-refractivity contribution in [1.29, 1.82) is 0 Å². The van der Waals surface area contributed by atoms with E-state index in [0.717, 1.165) is 11.1 Å². The number of rotatable bonds is 4. The average Bonchev–Trinajstić information content (AvgIpc) is 2.41. The van der Waals surface area contributed by atoms with Crippen molar-refractivity contribution in [2.24, 2.45) is 0 Å². The molecule has 19 heavy (non-hydrogen) atoms. The largest absolute Gasteiger partial charge is 0.395 e. The molecule has 0 saturated heterocycles. The summed E-state index contributed by atoms with van der Waals surface area (Å²) in [6.07, 6.45) is 0.688. The second kappa shape index (κ2) is 5.54. The molecule has 0 heterocycles. The summed E-state index contributed by atoms with van der Waals surface area (Å²) < 4.78 is 13.3. The monoisotopic (exact) mass is 258 g/mol. The quantitative estimate of drug-likeness (QED) is 0.888. The van der Waals surface area contributed by atoms with Crippen molar-refractivity contribution in [3.8, 4) is 0 Å². The van der Waals surface area contributed by atoms with Crippen LogP contribution in [0.3, 0.4) is 0 Å². The molecule has 2 heteroatoms. The minimum absolute atomic E-state index is 0.00959.